The highest BCUT2D eigenvalue weighted by Gasteiger charge is 2.28. The SMILES string of the molecule is CCC(C(=O)NC(CC(=O)c1ccc2oc3ccccc3c2c1)C(=O)O)c1ccccc1. The predicted molar refractivity (Wildman–Crippen MR) is 122 cm³/mol. The molecule has 0 aliphatic rings. The van der Waals surface area contributed by atoms with Crippen LogP contribution in [0.3, 0.4) is 0 Å². The van der Waals surface area contributed by atoms with Crippen molar-refractivity contribution in [1.82, 2.24) is 5.32 Å². The maximum atomic E-state index is 12.9. The van der Waals surface area contributed by atoms with Gasteiger partial charge in [-0.05, 0) is 36.2 Å². The Hall–Kier alpha value is -3.93. The molecule has 0 aliphatic heterocycles. The first-order chi connectivity index (χ1) is 15.5. The van der Waals surface area contributed by atoms with E-state index in [4.69, 9.17) is 4.42 Å². The fourth-order valence-corrected chi connectivity index (χ4v) is 3.93. The van der Waals surface area contributed by atoms with Crippen molar-refractivity contribution < 1.29 is 23.9 Å². The minimum Gasteiger partial charge on any atom is -0.480 e. The number of rotatable bonds is 8. The summed E-state index contributed by atoms with van der Waals surface area (Å²) in [6, 6.07) is 20.4. The number of ketones is 1. The monoisotopic (exact) mass is 429 g/mol. The molecule has 0 fully saturated rings. The third kappa shape index (κ3) is 4.25. The second-order valence-corrected chi connectivity index (χ2v) is 7.71. The van der Waals surface area contributed by atoms with Crippen LogP contribution in [0, 0.1) is 0 Å². The van der Waals surface area contributed by atoms with Gasteiger partial charge in [0.25, 0.3) is 0 Å². The number of carbonyl (C=O) groups is 3. The van der Waals surface area contributed by atoms with Crippen LogP contribution in [0.2, 0.25) is 0 Å². The molecule has 1 amide bonds. The van der Waals surface area contributed by atoms with Crippen LogP contribution >= 0.6 is 0 Å². The Morgan fingerprint density at radius 2 is 1.59 bits per heavy atom. The maximum absolute atomic E-state index is 12.9. The highest BCUT2D eigenvalue weighted by molar-refractivity contribution is 6.09. The van der Waals surface area contributed by atoms with Gasteiger partial charge in [-0.25, -0.2) is 4.79 Å². The number of fused-ring (bicyclic) bond motifs is 3. The van der Waals surface area contributed by atoms with Gasteiger partial charge in [0.15, 0.2) is 5.78 Å². The van der Waals surface area contributed by atoms with Gasteiger partial charge in [-0.15, -0.1) is 0 Å². The number of carboxylic acid groups (broad SMARTS) is 1. The van der Waals surface area contributed by atoms with Crippen molar-refractivity contribution in [2.45, 2.75) is 31.7 Å². The third-order valence-electron chi connectivity index (χ3n) is 5.63. The van der Waals surface area contributed by atoms with Gasteiger partial charge < -0.3 is 14.8 Å². The Labute approximate surface area is 184 Å². The van der Waals surface area contributed by atoms with Crippen LogP contribution in [-0.4, -0.2) is 28.8 Å². The number of hydrogen-bond donors (Lipinski definition) is 2. The molecule has 32 heavy (non-hydrogen) atoms. The first kappa shape index (κ1) is 21.3. The minimum atomic E-state index is -1.32. The van der Waals surface area contributed by atoms with Crippen molar-refractivity contribution in [3.8, 4) is 0 Å². The standard InChI is InChI=1S/C26H23NO5/c1-2-18(16-8-4-3-5-9-16)25(29)27-21(26(30)31)15-22(28)17-12-13-24-20(14-17)19-10-6-7-11-23(19)32-24/h3-14,18,21H,2,15H2,1H3,(H,27,29)(H,30,31). The number of amides is 1. The van der Waals surface area contributed by atoms with E-state index in [1.165, 1.54) is 0 Å². The van der Waals surface area contributed by atoms with Crippen LogP contribution in [0.4, 0.5) is 0 Å². The molecule has 0 radical (unpaired) electrons. The molecular weight excluding hydrogens is 406 g/mol. The Morgan fingerprint density at radius 1 is 0.906 bits per heavy atom. The summed E-state index contributed by atoms with van der Waals surface area (Å²) in [5, 5.41) is 13.9. The number of nitrogens with one attached hydrogen (secondary N) is 1. The quantitative estimate of drug-likeness (QED) is 0.388. The molecule has 4 aromatic rings. The van der Waals surface area contributed by atoms with Crippen molar-refractivity contribution in [1.29, 1.82) is 0 Å². The van der Waals surface area contributed by atoms with E-state index in [-0.39, 0.29) is 12.2 Å². The molecule has 2 N–H and O–H groups in total. The maximum Gasteiger partial charge on any atom is 0.326 e. The number of hydrogen-bond acceptors (Lipinski definition) is 4. The summed E-state index contributed by atoms with van der Waals surface area (Å²) in [5.41, 5.74) is 2.55. The number of para-hydroxylation sites is 1. The topological polar surface area (TPSA) is 96.6 Å². The summed E-state index contributed by atoms with van der Waals surface area (Å²) in [5.74, 6) is -2.50. The summed E-state index contributed by atoms with van der Waals surface area (Å²) >= 11 is 0. The van der Waals surface area contributed by atoms with Gasteiger partial charge in [0.2, 0.25) is 5.91 Å². The van der Waals surface area contributed by atoms with Gasteiger partial charge >= 0.3 is 5.97 Å². The van der Waals surface area contributed by atoms with E-state index in [2.05, 4.69) is 5.32 Å². The number of Topliss-reactive ketones (excluding diaryl/α,β-unsaturated/α-hetero) is 1. The molecule has 0 spiro atoms. The zero-order valence-corrected chi connectivity index (χ0v) is 17.6. The summed E-state index contributed by atoms with van der Waals surface area (Å²) in [4.78, 5) is 37.5. The fourth-order valence-electron chi connectivity index (χ4n) is 3.93. The first-order valence-electron chi connectivity index (χ1n) is 10.5. The van der Waals surface area contributed by atoms with Crippen LogP contribution < -0.4 is 5.32 Å². The van der Waals surface area contributed by atoms with Crippen molar-refractivity contribution in [2.75, 3.05) is 0 Å². The van der Waals surface area contributed by atoms with Crippen molar-refractivity contribution in [2.24, 2.45) is 0 Å². The number of carboxylic acids is 1. The molecule has 1 aromatic heterocycles. The molecular formula is C26H23NO5. The average Bonchev–Trinajstić information content (AvgIpc) is 3.17. The molecule has 2 unspecified atom stereocenters. The van der Waals surface area contributed by atoms with Crippen LogP contribution in [0.15, 0.2) is 77.2 Å². The number of aliphatic carboxylic acids is 1. The Kier molecular flexibility index (Phi) is 6.03. The minimum absolute atomic E-state index is 0.340. The fraction of sp³-hybridized carbons (Fsp3) is 0.192. The number of benzene rings is 3. The lowest BCUT2D eigenvalue weighted by Crippen LogP contribution is -2.44. The lowest BCUT2D eigenvalue weighted by Gasteiger charge is -2.19. The van der Waals surface area contributed by atoms with Crippen molar-refractivity contribution in [3.05, 3.63) is 83.9 Å². The van der Waals surface area contributed by atoms with Crippen LogP contribution in [0.5, 0.6) is 0 Å². The molecule has 0 saturated carbocycles. The summed E-state index contributed by atoms with van der Waals surface area (Å²) in [6.07, 6.45) is 0.175. The number of furan rings is 1. The van der Waals surface area contributed by atoms with Gasteiger partial charge in [0.05, 0.1) is 5.92 Å². The summed E-state index contributed by atoms with van der Waals surface area (Å²) < 4.78 is 5.78. The molecule has 3 aromatic carbocycles. The Morgan fingerprint density at radius 3 is 2.31 bits per heavy atom. The summed E-state index contributed by atoms with van der Waals surface area (Å²) in [6.45, 7) is 1.86. The lowest BCUT2D eigenvalue weighted by molar-refractivity contribution is -0.142. The highest BCUT2D eigenvalue weighted by Crippen LogP contribution is 2.29. The first-order valence-corrected chi connectivity index (χ1v) is 10.5. The largest absolute Gasteiger partial charge is 0.480 e. The van der Waals surface area contributed by atoms with Crippen molar-refractivity contribution in [3.63, 3.8) is 0 Å². The highest BCUT2D eigenvalue weighted by atomic mass is 16.4. The molecule has 2 atom stereocenters. The van der Waals surface area contributed by atoms with E-state index in [1.807, 2.05) is 61.5 Å². The van der Waals surface area contributed by atoms with E-state index in [1.54, 1.807) is 18.2 Å². The predicted octanol–water partition coefficient (Wildman–Crippen LogP) is 4.92. The van der Waals surface area contributed by atoms with Crippen LogP contribution in [0.25, 0.3) is 21.9 Å². The third-order valence-corrected chi connectivity index (χ3v) is 5.63. The lowest BCUT2D eigenvalue weighted by atomic mass is 9.94. The van der Waals surface area contributed by atoms with Crippen LogP contribution in [0.1, 0.15) is 41.6 Å². The zero-order valence-electron chi connectivity index (χ0n) is 17.6. The molecule has 1 heterocycles. The average molecular weight is 429 g/mol. The molecule has 6 heteroatoms. The number of carbonyl (C=O) groups excluding carboxylic acids is 2. The molecule has 0 bridgehead atoms. The van der Waals surface area contributed by atoms with Gasteiger partial charge in [-0.1, -0.05) is 55.5 Å². The molecule has 0 saturated heterocycles. The van der Waals surface area contributed by atoms with E-state index in [0.29, 0.717) is 23.2 Å². The molecule has 162 valence electrons. The smallest absolute Gasteiger partial charge is 0.326 e. The molecule has 0 aliphatic carbocycles. The van der Waals surface area contributed by atoms with Gasteiger partial charge in [-0.3, -0.25) is 9.59 Å². The second-order valence-electron chi connectivity index (χ2n) is 7.71. The van der Waals surface area contributed by atoms with E-state index >= 15 is 0 Å². The van der Waals surface area contributed by atoms with Gasteiger partial charge in [0, 0.05) is 22.8 Å². The van der Waals surface area contributed by atoms with Crippen LogP contribution in [-0.2, 0) is 9.59 Å². The van der Waals surface area contributed by atoms with Crippen molar-refractivity contribution >= 4 is 39.6 Å². The molecule has 6 nitrogen and oxygen atoms in total. The van der Waals surface area contributed by atoms with Gasteiger partial charge in [-0.2, -0.15) is 0 Å². The van der Waals surface area contributed by atoms with Gasteiger partial charge in [0.1, 0.15) is 17.2 Å². The van der Waals surface area contributed by atoms with E-state index in [9.17, 15) is 19.5 Å². The molecule has 4 rings (SSSR count). The summed E-state index contributed by atoms with van der Waals surface area (Å²) in [7, 11) is 0. The van der Waals surface area contributed by atoms with E-state index in [0.717, 1.165) is 16.3 Å². The van der Waals surface area contributed by atoms with E-state index < -0.39 is 23.8 Å². The zero-order chi connectivity index (χ0) is 22.7. The Balaban J connectivity index is 1.54. The Bertz CT molecular complexity index is 1290. The normalized spacial score (nSPS) is 13.0. The second kappa shape index (κ2) is 9.06.